The van der Waals surface area contributed by atoms with E-state index in [0.29, 0.717) is 13.1 Å². The van der Waals surface area contributed by atoms with Gasteiger partial charge >= 0.3 is 5.97 Å². The van der Waals surface area contributed by atoms with Crippen LogP contribution in [0.15, 0.2) is 0 Å². The van der Waals surface area contributed by atoms with Crippen LogP contribution in [0, 0.1) is 0 Å². The third-order valence-corrected chi connectivity index (χ3v) is 2.11. The van der Waals surface area contributed by atoms with Gasteiger partial charge in [-0.25, -0.2) is 0 Å². The summed E-state index contributed by atoms with van der Waals surface area (Å²) in [5.74, 6) is -0.789. The summed E-state index contributed by atoms with van der Waals surface area (Å²) in [6, 6.07) is 0. The van der Waals surface area contributed by atoms with Gasteiger partial charge < -0.3 is 14.7 Å². The van der Waals surface area contributed by atoms with Gasteiger partial charge in [-0.15, -0.1) is 0 Å². The first kappa shape index (κ1) is 11.5. The highest BCUT2D eigenvalue weighted by atomic mass is 16.5. The Balaban J connectivity index is 2.60. The van der Waals surface area contributed by atoms with Crippen LogP contribution in [-0.4, -0.2) is 47.3 Å². The molecule has 14 heavy (non-hydrogen) atoms. The lowest BCUT2D eigenvalue weighted by atomic mass is 9.89. The van der Waals surface area contributed by atoms with Crippen molar-refractivity contribution in [1.29, 1.82) is 0 Å². The minimum atomic E-state index is -0.789. The van der Waals surface area contributed by atoms with Gasteiger partial charge in [-0.1, -0.05) is 0 Å². The molecule has 1 heterocycles. The Hall–Kier alpha value is -0.610. The molecule has 0 bridgehead atoms. The van der Waals surface area contributed by atoms with Gasteiger partial charge in [-0.2, -0.15) is 0 Å². The van der Waals surface area contributed by atoms with Gasteiger partial charge in [-0.05, 0) is 27.8 Å². The lowest BCUT2D eigenvalue weighted by Crippen LogP contribution is -2.64. The van der Waals surface area contributed by atoms with E-state index in [4.69, 9.17) is 9.84 Å². The normalized spacial score (nSPS) is 21.7. The van der Waals surface area contributed by atoms with E-state index in [1.54, 1.807) is 0 Å². The molecule has 1 rings (SSSR count). The Morgan fingerprint density at radius 2 is 2.00 bits per heavy atom. The number of nitrogens with zero attached hydrogens (tertiary/aromatic N) is 1. The molecule has 0 aliphatic carbocycles. The molecule has 82 valence electrons. The molecule has 4 nitrogen and oxygen atoms in total. The maximum atomic E-state index is 10.7. The molecule has 0 aromatic carbocycles. The second-order valence-electron chi connectivity index (χ2n) is 5.14. The summed E-state index contributed by atoms with van der Waals surface area (Å²) in [4.78, 5) is 12.8. The monoisotopic (exact) mass is 201 g/mol. The minimum Gasteiger partial charge on any atom is -0.481 e. The van der Waals surface area contributed by atoms with Crippen LogP contribution in [0.25, 0.3) is 0 Å². The van der Waals surface area contributed by atoms with Crippen molar-refractivity contribution in [2.75, 3.05) is 20.1 Å². The zero-order chi connectivity index (χ0) is 11.0. The third-order valence-electron chi connectivity index (χ3n) is 2.11. The maximum absolute atomic E-state index is 10.7. The van der Waals surface area contributed by atoms with E-state index in [9.17, 15) is 4.79 Å². The number of carboxylic acid groups (broad SMARTS) is 1. The van der Waals surface area contributed by atoms with E-state index in [0.717, 1.165) is 0 Å². The largest absolute Gasteiger partial charge is 0.481 e. The summed E-state index contributed by atoms with van der Waals surface area (Å²) >= 11 is 0. The van der Waals surface area contributed by atoms with Crippen LogP contribution < -0.4 is 0 Å². The van der Waals surface area contributed by atoms with E-state index in [-0.39, 0.29) is 12.0 Å². The number of hydrogen-bond acceptors (Lipinski definition) is 3. The predicted octanol–water partition coefficient (Wildman–Crippen LogP) is 0.960. The average molecular weight is 201 g/mol. The smallest absolute Gasteiger partial charge is 0.306 e. The van der Waals surface area contributed by atoms with Gasteiger partial charge in [0.05, 0.1) is 12.0 Å². The Bertz CT molecular complexity index is 226. The van der Waals surface area contributed by atoms with Gasteiger partial charge in [-0.3, -0.25) is 4.79 Å². The molecule has 4 heteroatoms. The van der Waals surface area contributed by atoms with Crippen molar-refractivity contribution in [2.45, 2.75) is 38.4 Å². The average Bonchev–Trinajstić information content (AvgIpc) is 1.76. The molecule has 0 unspecified atom stereocenters. The van der Waals surface area contributed by atoms with Crippen molar-refractivity contribution in [2.24, 2.45) is 0 Å². The van der Waals surface area contributed by atoms with Crippen molar-refractivity contribution >= 4 is 5.97 Å². The molecule has 1 fully saturated rings. The molecule has 0 aromatic heterocycles. The molecular formula is C10H19NO3. The fourth-order valence-electron chi connectivity index (χ4n) is 2.08. The number of likely N-dealkylation sites (tertiary alicyclic amines) is 1. The highest BCUT2D eigenvalue weighted by molar-refractivity contribution is 5.68. The van der Waals surface area contributed by atoms with Crippen LogP contribution in [0.4, 0.5) is 0 Å². The standard InChI is InChI=1S/C10H19NO3/c1-9(2,3)14-10(5-8(12)13)6-11(4)7-10/h5-7H2,1-4H3,(H,12,13). The maximum Gasteiger partial charge on any atom is 0.306 e. The fraction of sp³-hybridized carbons (Fsp3) is 0.900. The first-order valence-electron chi connectivity index (χ1n) is 4.83. The van der Waals surface area contributed by atoms with Crippen molar-refractivity contribution in [1.82, 2.24) is 4.90 Å². The van der Waals surface area contributed by atoms with Crippen molar-refractivity contribution in [3.05, 3.63) is 0 Å². The predicted molar refractivity (Wildman–Crippen MR) is 53.3 cm³/mol. The molecule has 0 amide bonds. The van der Waals surface area contributed by atoms with Gasteiger partial charge in [0.15, 0.2) is 0 Å². The summed E-state index contributed by atoms with van der Waals surface area (Å²) in [7, 11) is 1.96. The Morgan fingerprint density at radius 3 is 2.29 bits per heavy atom. The molecule has 0 saturated carbocycles. The van der Waals surface area contributed by atoms with E-state index >= 15 is 0 Å². The van der Waals surface area contributed by atoms with Crippen LogP contribution in [0.3, 0.4) is 0 Å². The molecule has 0 spiro atoms. The van der Waals surface area contributed by atoms with Crippen LogP contribution in [0.1, 0.15) is 27.2 Å². The number of hydrogen-bond donors (Lipinski definition) is 1. The third kappa shape index (κ3) is 2.96. The number of aliphatic carboxylic acids is 1. The van der Waals surface area contributed by atoms with Gasteiger partial charge in [0, 0.05) is 13.1 Å². The minimum absolute atomic E-state index is 0.0919. The van der Waals surface area contributed by atoms with Crippen molar-refractivity contribution < 1.29 is 14.6 Å². The van der Waals surface area contributed by atoms with Crippen LogP contribution >= 0.6 is 0 Å². The molecular weight excluding hydrogens is 182 g/mol. The number of carbonyl (C=O) groups is 1. The highest BCUT2D eigenvalue weighted by Crippen LogP contribution is 2.31. The number of rotatable bonds is 3. The van der Waals surface area contributed by atoms with E-state index in [1.165, 1.54) is 0 Å². The zero-order valence-electron chi connectivity index (χ0n) is 9.33. The SMILES string of the molecule is CN1CC(CC(=O)O)(OC(C)(C)C)C1. The molecule has 0 radical (unpaired) electrons. The Kier molecular flexibility index (Phi) is 2.88. The summed E-state index contributed by atoms with van der Waals surface area (Å²) in [6.45, 7) is 7.27. The molecule has 1 N–H and O–H groups in total. The summed E-state index contributed by atoms with van der Waals surface area (Å²) < 4.78 is 5.82. The molecule has 1 saturated heterocycles. The quantitative estimate of drug-likeness (QED) is 0.739. The fourth-order valence-corrected chi connectivity index (χ4v) is 2.08. The van der Waals surface area contributed by atoms with E-state index < -0.39 is 11.6 Å². The van der Waals surface area contributed by atoms with Crippen LogP contribution in [0.2, 0.25) is 0 Å². The van der Waals surface area contributed by atoms with Crippen LogP contribution in [0.5, 0.6) is 0 Å². The van der Waals surface area contributed by atoms with E-state index in [2.05, 4.69) is 4.90 Å². The molecule has 1 aliphatic rings. The van der Waals surface area contributed by atoms with Gasteiger partial charge in [0.1, 0.15) is 5.60 Å². The van der Waals surface area contributed by atoms with E-state index in [1.807, 2.05) is 27.8 Å². The van der Waals surface area contributed by atoms with Crippen molar-refractivity contribution in [3.8, 4) is 0 Å². The Labute approximate surface area is 84.8 Å². The van der Waals surface area contributed by atoms with Crippen molar-refractivity contribution in [3.63, 3.8) is 0 Å². The topological polar surface area (TPSA) is 49.8 Å². The highest BCUT2D eigenvalue weighted by Gasteiger charge is 2.46. The number of carboxylic acids is 1. The second-order valence-corrected chi connectivity index (χ2v) is 5.14. The lowest BCUT2D eigenvalue weighted by molar-refractivity contribution is -0.202. The summed E-state index contributed by atoms with van der Waals surface area (Å²) in [6.07, 6.45) is 0.0919. The second kappa shape index (κ2) is 3.51. The number of ether oxygens (including phenoxy) is 1. The lowest BCUT2D eigenvalue weighted by Gasteiger charge is -2.50. The van der Waals surface area contributed by atoms with Gasteiger partial charge in [0.2, 0.25) is 0 Å². The molecule has 1 aliphatic heterocycles. The summed E-state index contributed by atoms with van der Waals surface area (Å²) in [5, 5.41) is 8.80. The molecule has 0 atom stereocenters. The van der Waals surface area contributed by atoms with Gasteiger partial charge in [0.25, 0.3) is 0 Å². The summed E-state index contributed by atoms with van der Waals surface area (Å²) in [5.41, 5.74) is -0.754. The zero-order valence-corrected chi connectivity index (χ0v) is 9.33. The first-order valence-corrected chi connectivity index (χ1v) is 4.83. The molecule has 0 aromatic rings. The van der Waals surface area contributed by atoms with Crippen LogP contribution in [-0.2, 0) is 9.53 Å². The Morgan fingerprint density at radius 1 is 1.50 bits per heavy atom. The first-order chi connectivity index (χ1) is 6.22. The number of likely N-dealkylation sites (N-methyl/N-ethyl adjacent to an activating group) is 1.